The molecule has 2 heterocycles. The summed E-state index contributed by atoms with van der Waals surface area (Å²) in [4.78, 5) is 13.4. The van der Waals surface area contributed by atoms with Crippen LogP contribution in [0.15, 0.2) is 48.7 Å². The molecule has 3 aromatic rings. The van der Waals surface area contributed by atoms with Crippen LogP contribution in [-0.2, 0) is 11.8 Å². The van der Waals surface area contributed by atoms with E-state index >= 15 is 0 Å². The maximum atomic E-state index is 11.6. The molecule has 0 bridgehead atoms. The van der Waals surface area contributed by atoms with Gasteiger partial charge in [-0.25, -0.2) is 0 Å². The topological polar surface area (TPSA) is 47.4 Å². The molecule has 0 spiro atoms. The number of likely N-dealkylation sites (tertiary alicyclic amines) is 1. The summed E-state index contributed by atoms with van der Waals surface area (Å²) in [6.07, 6.45) is 2.38. The van der Waals surface area contributed by atoms with E-state index in [4.69, 9.17) is 4.74 Å². The van der Waals surface area contributed by atoms with Crippen molar-refractivity contribution in [3.05, 3.63) is 48.7 Å². The number of carbonyl (C=O) groups excluding carboxylic acids is 1. The molecule has 0 radical (unpaired) electrons. The molecule has 1 aliphatic heterocycles. The van der Waals surface area contributed by atoms with Gasteiger partial charge in [0.05, 0.1) is 12.3 Å². The highest BCUT2D eigenvalue weighted by Crippen LogP contribution is 2.27. The molecule has 1 aliphatic rings. The minimum Gasteiger partial charge on any atom is -0.493 e. The van der Waals surface area contributed by atoms with E-state index in [0.29, 0.717) is 13.0 Å². The van der Waals surface area contributed by atoms with Crippen LogP contribution in [-0.4, -0.2) is 40.8 Å². The van der Waals surface area contributed by atoms with E-state index in [1.807, 2.05) is 30.9 Å². The molecular weight excluding hydrogens is 314 g/mol. The second kappa shape index (κ2) is 6.24. The summed E-state index contributed by atoms with van der Waals surface area (Å²) in [6, 6.07) is 14.5. The molecule has 1 unspecified atom stereocenters. The Morgan fingerprint density at radius 3 is 2.68 bits per heavy atom. The molecule has 4 rings (SSSR count). The molecule has 1 atom stereocenters. The molecule has 5 heteroatoms. The second-order valence-corrected chi connectivity index (χ2v) is 6.72. The van der Waals surface area contributed by atoms with Crippen LogP contribution in [0.4, 0.5) is 0 Å². The average Bonchev–Trinajstić information content (AvgIpc) is 3.18. The first-order valence-corrected chi connectivity index (χ1v) is 8.49. The van der Waals surface area contributed by atoms with Crippen molar-refractivity contribution in [1.82, 2.24) is 14.7 Å². The van der Waals surface area contributed by atoms with E-state index < -0.39 is 0 Å². The Labute approximate surface area is 146 Å². The molecule has 0 N–H and O–H groups in total. The predicted molar refractivity (Wildman–Crippen MR) is 97.4 cm³/mol. The Hall–Kier alpha value is -2.82. The summed E-state index contributed by atoms with van der Waals surface area (Å²) in [5.41, 5.74) is 2.22. The third-order valence-electron chi connectivity index (χ3n) is 4.84. The van der Waals surface area contributed by atoms with Crippen molar-refractivity contribution in [1.29, 1.82) is 0 Å². The zero-order valence-corrected chi connectivity index (χ0v) is 14.5. The number of aryl methyl sites for hydroxylation is 1. The van der Waals surface area contributed by atoms with Crippen LogP contribution in [0.2, 0.25) is 0 Å². The number of benzene rings is 2. The maximum Gasteiger partial charge on any atom is 0.222 e. The Kier molecular flexibility index (Phi) is 3.92. The van der Waals surface area contributed by atoms with Gasteiger partial charge in [0, 0.05) is 44.7 Å². The summed E-state index contributed by atoms with van der Waals surface area (Å²) in [6.45, 7) is 1.35. The van der Waals surface area contributed by atoms with Crippen molar-refractivity contribution in [3.63, 3.8) is 0 Å². The number of carbonyl (C=O) groups is 1. The molecule has 0 saturated carbocycles. The maximum absolute atomic E-state index is 11.6. The normalized spacial score (nSPS) is 17.4. The average molecular weight is 335 g/mol. The van der Waals surface area contributed by atoms with E-state index in [0.717, 1.165) is 28.9 Å². The summed E-state index contributed by atoms with van der Waals surface area (Å²) in [7, 11) is 3.79. The fourth-order valence-corrected chi connectivity index (χ4v) is 3.41. The molecule has 1 saturated heterocycles. The van der Waals surface area contributed by atoms with Gasteiger partial charge >= 0.3 is 0 Å². The number of hydrogen-bond acceptors (Lipinski definition) is 3. The molecule has 1 aromatic heterocycles. The van der Waals surface area contributed by atoms with E-state index in [9.17, 15) is 4.79 Å². The number of fused-ring (bicyclic) bond motifs is 1. The lowest BCUT2D eigenvalue weighted by Gasteiger charge is -2.12. The fraction of sp³-hybridized carbons (Fsp3) is 0.300. The van der Waals surface area contributed by atoms with Crippen LogP contribution in [0.1, 0.15) is 6.42 Å². The third kappa shape index (κ3) is 3.09. The van der Waals surface area contributed by atoms with Crippen LogP contribution >= 0.6 is 0 Å². The Bertz CT molecular complexity index is 932. The zero-order chi connectivity index (χ0) is 17.4. The van der Waals surface area contributed by atoms with Crippen molar-refractivity contribution >= 4 is 16.7 Å². The van der Waals surface area contributed by atoms with Crippen molar-refractivity contribution in [3.8, 4) is 17.0 Å². The highest BCUT2D eigenvalue weighted by molar-refractivity contribution is 5.88. The first kappa shape index (κ1) is 15.7. The third-order valence-corrected chi connectivity index (χ3v) is 4.84. The highest BCUT2D eigenvalue weighted by atomic mass is 16.5. The largest absolute Gasteiger partial charge is 0.493 e. The Balaban J connectivity index is 1.55. The van der Waals surface area contributed by atoms with Crippen molar-refractivity contribution in [2.24, 2.45) is 13.0 Å². The smallest absolute Gasteiger partial charge is 0.222 e. The molecule has 5 nitrogen and oxygen atoms in total. The summed E-state index contributed by atoms with van der Waals surface area (Å²) < 4.78 is 7.82. The van der Waals surface area contributed by atoms with E-state index in [-0.39, 0.29) is 11.8 Å². The zero-order valence-electron chi connectivity index (χ0n) is 14.5. The number of ether oxygens (including phenoxy) is 1. The van der Waals surface area contributed by atoms with Gasteiger partial charge in [-0.3, -0.25) is 9.48 Å². The van der Waals surface area contributed by atoms with Gasteiger partial charge in [-0.15, -0.1) is 0 Å². The van der Waals surface area contributed by atoms with Crippen LogP contribution in [0.5, 0.6) is 5.75 Å². The monoisotopic (exact) mass is 335 g/mol. The molecule has 0 aliphatic carbocycles. The number of nitrogens with zero attached hydrogens (tertiary/aromatic N) is 3. The van der Waals surface area contributed by atoms with Crippen molar-refractivity contribution in [2.75, 3.05) is 20.2 Å². The number of rotatable bonds is 4. The summed E-state index contributed by atoms with van der Waals surface area (Å²) in [5.74, 6) is 1.32. The molecular formula is C20H21N3O2. The number of amides is 1. The molecule has 2 aromatic carbocycles. The van der Waals surface area contributed by atoms with Crippen molar-refractivity contribution < 1.29 is 9.53 Å². The predicted octanol–water partition coefficient (Wildman–Crippen LogP) is 3.10. The minimum absolute atomic E-state index is 0.202. The highest BCUT2D eigenvalue weighted by Gasteiger charge is 2.27. The fourth-order valence-electron chi connectivity index (χ4n) is 3.41. The SMILES string of the molecule is CN1CC(COc2ccc3ccc(-c4ccnn4C)cc3c2)CC1=O. The molecule has 128 valence electrons. The lowest BCUT2D eigenvalue weighted by Crippen LogP contribution is -2.20. The van der Waals surface area contributed by atoms with Gasteiger partial charge in [0.2, 0.25) is 5.91 Å². The summed E-state index contributed by atoms with van der Waals surface area (Å²) >= 11 is 0. The quantitative estimate of drug-likeness (QED) is 0.736. The van der Waals surface area contributed by atoms with E-state index in [1.165, 1.54) is 5.39 Å². The Morgan fingerprint density at radius 2 is 1.96 bits per heavy atom. The molecule has 1 amide bonds. The first-order valence-electron chi connectivity index (χ1n) is 8.49. The standard InChI is InChI=1S/C20H21N3O2/c1-22-12-14(9-20(22)24)13-25-18-6-5-15-3-4-16(10-17(15)11-18)19-7-8-21-23(19)2/h3-8,10-11,14H,9,12-13H2,1-2H3. The van der Waals surface area contributed by atoms with Crippen LogP contribution in [0.3, 0.4) is 0 Å². The van der Waals surface area contributed by atoms with Gasteiger partial charge in [0.25, 0.3) is 0 Å². The van der Waals surface area contributed by atoms with Crippen LogP contribution in [0, 0.1) is 5.92 Å². The lowest BCUT2D eigenvalue weighted by molar-refractivity contribution is -0.126. The minimum atomic E-state index is 0.202. The first-order chi connectivity index (χ1) is 12.1. The Morgan fingerprint density at radius 1 is 1.12 bits per heavy atom. The lowest BCUT2D eigenvalue weighted by atomic mass is 10.0. The van der Waals surface area contributed by atoms with Gasteiger partial charge in [0.1, 0.15) is 5.75 Å². The van der Waals surface area contributed by atoms with Crippen LogP contribution in [0.25, 0.3) is 22.0 Å². The van der Waals surface area contributed by atoms with Gasteiger partial charge in [-0.1, -0.05) is 18.2 Å². The van der Waals surface area contributed by atoms with Crippen LogP contribution < -0.4 is 4.74 Å². The second-order valence-electron chi connectivity index (χ2n) is 6.72. The van der Waals surface area contributed by atoms with Gasteiger partial charge in [0.15, 0.2) is 0 Å². The summed E-state index contributed by atoms with van der Waals surface area (Å²) in [5, 5.41) is 6.55. The van der Waals surface area contributed by atoms with Gasteiger partial charge in [-0.2, -0.15) is 5.10 Å². The number of aromatic nitrogens is 2. The van der Waals surface area contributed by atoms with Crippen molar-refractivity contribution in [2.45, 2.75) is 6.42 Å². The number of hydrogen-bond donors (Lipinski definition) is 0. The van der Waals surface area contributed by atoms with E-state index in [1.54, 1.807) is 11.1 Å². The van der Waals surface area contributed by atoms with Gasteiger partial charge < -0.3 is 9.64 Å². The van der Waals surface area contributed by atoms with E-state index in [2.05, 4.69) is 35.4 Å². The van der Waals surface area contributed by atoms with Gasteiger partial charge in [-0.05, 0) is 35.0 Å². The molecule has 25 heavy (non-hydrogen) atoms. The molecule has 1 fully saturated rings.